The highest BCUT2D eigenvalue weighted by Crippen LogP contribution is 2.25. The lowest BCUT2D eigenvalue weighted by Gasteiger charge is -2.12. The fraction of sp³-hybridized carbons (Fsp3) is 0.200. The van der Waals surface area contributed by atoms with Gasteiger partial charge in [0.05, 0.1) is 11.5 Å². The van der Waals surface area contributed by atoms with Crippen molar-refractivity contribution in [1.29, 1.82) is 0 Å². The lowest BCUT2D eigenvalue weighted by Crippen LogP contribution is -2.14. The van der Waals surface area contributed by atoms with Gasteiger partial charge >= 0.3 is 0 Å². The molecule has 0 radical (unpaired) electrons. The number of hydrogen-bond acceptors (Lipinski definition) is 3. The van der Waals surface area contributed by atoms with Crippen LogP contribution in [0.25, 0.3) is 0 Å². The lowest BCUT2D eigenvalue weighted by atomic mass is 10.2. The first-order valence-corrected chi connectivity index (χ1v) is 8.16. The highest BCUT2D eigenvalue weighted by atomic mass is 35.5. The minimum Gasteiger partial charge on any atom is -0.380 e. The third kappa shape index (κ3) is 3.75. The predicted octanol–water partition coefficient (Wildman–Crippen LogP) is 3.60. The van der Waals surface area contributed by atoms with E-state index in [0.29, 0.717) is 22.9 Å². The summed E-state index contributed by atoms with van der Waals surface area (Å²) in [5.41, 5.74) is 1.91. The zero-order valence-electron chi connectivity index (χ0n) is 11.8. The Hall–Kier alpha value is -1.56. The number of ether oxygens (including phenoxy) is 1. The van der Waals surface area contributed by atoms with E-state index in [1.54, 1.807) is 44.4 Å². The Morgan fingerprint density at radius 3 is 2.62 bits per heavy atom. The van der Waals surface area contributed by atoms with E-state index in [2.05, 4.69) is 4.72 Å². The first-order valence-electron chi connectivity index (χ1n) is 6.30. The molecule has 2 rings (SSSR count). The van der Waals surface area contributed by atoms with Crippen molar-refractivity contribution in [3.05, 3.63) is 58.6 Å². The Kier molecular flexibility index (Phi) is 4.88. The summed E-state index contributed by atoms with van der Waals surface area (Å²) in [6.45, 7) is 2.10. The molecule has 0 heterocycles. The molecule has 21 heavy (non-hydrogen) atoms. The van der Waals surface area contributed by atoms with Gasteiger partial charge in [-0.2, -0.15) is 0 Å². The van der Waals surface area contributed by atoms with Gasteiger partial charge in [0.1, 0.15) is 0 Å². The monoisotopic (exact) mass is 325 g/mol. The van der Waals surface area contributed by atoms with E-state index in [4.69, 9.17) is 16.3 Å². The summed E-state index contributed by atoms with van der Waals surface area (Å²) >= 11 is 5.98. The van der Waals surface area contributed by atoms with Crippen LogP contribution in [0.3, 0.4) is 0 Å². The van der Waals surface area contributed by atoms with Gasteiger partial charge in [-0.3, -0.25) is 4.72 Å². The van der Waals surface area contributed by atoms with Crippen molar-refractivity contribution in [3.63, 3.8) is 0 Å². The van der Waals surface area contributed by atoms with E-state index < -0.39 is 10.0 Å². The van der Waals surface area contributed by atoms with E-state index in [9.17, 15) is 8.42 Å². The number of halogens is 1. The SMILES string of the molecule is COCc1cccc(NS(=O)(=O)c2cccc(Cl)c2C)c1. The molecule has 0 saturated carbocycles. The number of benzene rings is 2. The van der Waals surface area contributed by atoms with Gasteiger partial charge in [-0.05, 0) is 42.3 Å². The van der Waals surface area contributed by atoms with E-state index >= 15 is 0 Å². The molecular weight excluding hydrogens is 310 g/mol. The minimum atomic E-state index is -3.67. The molecule has 0 bridgehead atoms. The summed E-state index contributed by atoms with van der Waals surface area (Å²) in [6, 6.07) is 11.9. The molecule has 6 heteroatoms. The van der Waals surface area contributed by atoms with Crippen LogP contribution in [0.15, 0.2) is 47.4 Å². The summed E-state index contributed by atoms with van der Waals surface area (Å²) in [7, 11) is -2.08. The molecule has 0 aliphatic rings. The van der Waals surface area contributed by atoms with Crippen LogP contribution in [0.5, 0.6) is 0 Å². The molecule has 1 N–H and O–H groups in total. The summed E-state index contributed by atoms with van der Waals surface area (Å²) < 4.78 is 32.5. The van der Waals surface area contributed by atoms with Crippen LogP contribution in [-0.2, 0) is 21.4 Å². The molecule has 0 spiro atoms. The van der Waals surface area contributed by atoms with Gasteiger partial charge in [0.15, 0.2) is 0 Å². The first-order chi connectivity index (χ1) is 9.94. The van der Waals surface area contributed by atoms with Crippen molar-refractivity contribution in [1.82, 2.24) is 0 Å². The van der Waals surface area contributed by atoms with E-state index in [1.165, 1.54) is 6.07 Å². The van der Waals surface area contributed by atoms with Crippen LogP contribution in [-0.4, -0.2) is 15.5 Å². The number of hydrogen-bond donors (Lipinski definition) is 1. The summed E-state index contributed by atoms with van der Waals surface area (Å²) in [4.78, 5) is 0.173. The number of methoxy groups -OCH3 is 1. The van der Waals surface area contributed by atoms with Gasteiger partial charge in [0.25, 0.3) is 10.0 Å². The third-order valence-electron chi connectivity index (χ3n) is 3.00. The second-order valence-electron chi connectivity index (χ2n) is 4.60. The number of rotatable bonds is 5. The molecular formula is C15H16ClNO3S. The third-order valence-corrected chi connectivity index (χ3v) is 4.93. The van der Waals surface area contributed by atoms with Gasteiger partial charge < -0.3 is 4.74 Å². The maximum atomic E-state index is 12.4. The molecule has 0 unspecified atom stereocenters. The number of sulfonamides is 1. The average molecular weight is 326 g/mol. The lowest BCUT2D eigenvalue weighted by molar-refractivity contribution is 0.185. The van der Waals surface area contributed by atoms with Crippen LogP contribution in [0.2, 0.25) is 5.02 Å². The Bertz CT molecular complexity index is 744. The fourth-order valence-electron chi connectivity index (χ4n) is 1.98. The van der Waals surface area contributed by atoms with Crippen molar-refractivity contribution < 1.29 is 13.2 Å². The van der Waals surface area contributed by atoms with Gasteiger partial charge in [0.2, 0.25) is 0 Å². The van der Waals surface area contributed by atoms with Crippen molar-refractivity contribution in [2.75, 3.05) is 11.8 Å². The fourth-order valence-corrected chi connectivity index (χ4v) is 3.53. The number of nitrogens with one attached hydrogen (secondary N) is 1. The zero-order chi connectivity index (χ0) is 15.5. The molecule has 112 valence electrons. The summed E-state index contributed by atoms with van der Waals surface area (Å²) in [5.74, 6) is 0. The molecule has 0 aromatic heterocycles. The van der Waals surface area contributed by atoms with Gasteiger partial charge in [-0.1, -0.05) is 29.8 Å². The zero-order valence-corrected chi connectivity index (χ0v) is 13.3. The molecule has 0 amide bonds. The highest BCUT2D eigenvalue weighted by Gasteiger charge is 2.18. The van der Waals surface area contributed by atoms with Gasteiger partial charge in [-0.25, -0.2) is 8.42 Å². The first kappa shape index (κ1) is 15.8. The van der Waals surface area contributed by atoms with Crippen molar-refractivity contribution in [3.8, 4) is 0 Å². The minimum absolute atomic E-state index is 0.173. The maximum absolute atomic E-state index is 12.4. The second-order valence-corrected chi connectivity index (χ2v) is 6.66. The smallest absolute Gasteiger partial charge is 0.262 e. The molecule has 2 aromatic rings. The molecule has 0 saturated heterocycles. The Morgan fingerprint density at radius 1 is 1.19 bits per heavy atom. The standard InChI is InChI=1S/C15H16ClNO3S/c1-11-14(16)7-4-8-15(11)21(18,19)17-13-6-3-5-12(9-13)10-20-2/h3-9,17H,10H2,1-2H3. The van der Waals surface area contributed by atoms with Crippen LogP contribution in [0.1, 0.15) is 11.1 Å². The summed E-state index contributed by atoms with van der Waals surface area (Å²) in [5, 5.41) is 0.422. The predicted molar refractivity (Wildman–Crippen MR) is 84.2 cm³/mol. The van der Waals surface area contributed by atoms with E-state index in [-0.39, 0.29) is 4.90 Å². The number of anilines is 1. The van der Waals surface area contributed by atoms with Crippen molar-refractivity contribution in [2.45, 2.75) is 18.4 Å². The molecule has 4 nitrogen and oxygen atoms in total. The normalized spacial score (nSPS) is 11.4. The van der Waals surface area contributed by atoms with Crippen LogP contribution in [0.4, 0.5) is 5.69 Å². The molecule has 0 fully saturated rings. The van der Waals surface area contributed by atoms with Gasteiger partial charge in [0, 0.05) is 17.8 Å². The summed E-state index contributed by atoms with van der Waals surface area (Å²) in [6.07, 6.45) is 0. The Labute approximate surface area is 129 Å². The molecule has 0 aliphatic carbocycles. The van der Waals surface area contributed by atoms with Crippen LogP contribution in [0, 0.1) is 6.92 Å². The quantitative estimate of drug-likeness (QED) is 0.914. The van der Waals surface area contributed by atoms with Crippen molar-refractivity contribution >= 4 is 27.3 Å². The average Bonchev–Trinajstić information content (AvgIpc) is 2.42. The van der Waals surface area contributed by atoms with Crippen LogP contribution >= 0.6 is 11.6 Å². The Balaban J connectivity index is 2.33. The topological polar surface area (TPSA) is 55.4 Å². The van der Waals surface area contributed by atoms with Gasteiger partial charge in [-0.15, -0.1) is 0 Å². The van der Waals surface area contributed by atoms with Crippen molar-refractivity contribution in [2.24, 2.45) is 0 Å². The highest BCUT2D eigenvalue weighted by molar-refractivity contribution is 7.92. The van der Waals surface area contributed by atoms with Crippen LogP contribution < -0.4 is 4.72 Å². The molecule has 2 aromatic carbocycles. The molecule has 0 atom stereocenters. The Morgan fingerprint density at radius 2 is 1.90 bits per heavy atom. The maximum Gasteiger partial charge on any atom is 0.262 e. The van der Waals surface area contributed by atoms with E-state index in [0.717, 1.165) is 5.56 Å². The largest absolute Gasteiger partial charge is 0.380 e. The van der Waals surface area contributed by atoms with E-state index in [1.807, 2.05) is 6.07 Å². The molecule has 0 aliphatic heterocycles. The second kappa shape index (κ2) is 6.47.